The first-order valence-corrected chi connectivity index (χ1v) is 7.43. The molecule has 0 spiro atoms. The second-order valence-corrected chi connectivity index (χ2v) is 5.80. The molecule has 0 saturated carbocycles. The first-order chi connectivity index (χ1) is 8.58. The molecular weight excluding hydrogens is 252 g/mol. The Morgan fingerprint density at radius 3 is 2.61 bits per heavy atom. The Labute approximate surface area is 112 Å². The van der Waals surface area contributed by atoms with Crippen LogP contribution in [0.15, 0.2) is 18.2 Å². The number of hydrogen-bond donors (Lipinski definition) is 1. The van der Waals surface area contributed by atoms with Gasteiger partial charge in [-0.15, -0.1) is 0 Å². The molecule has 1 rings (SSSR count). The Kier molecular flexibility index (Phi) is 6.65. The number of nitrogens with one attached hydrogen (secondary N) is 1. The highest BCUT2D eigenvalue weighted by Crippen LogP contribution is 2.25. The van der Waals surface area contributed by atoms with Crippen LogP contribution in [-0.4, -0.2) is 17.5 Å². The smallest absolute Gasteiger partial charge is 0.128 e. The summed E-state index contributed by atoms with van der Waals surface area (Å²) in [7, 11) is 0. The molecule has 18 heavy (non-hydrogen) atoms. The number of rotatable bonds is 7. The molecule has 1 N–H and O–H groups in total. The van der Waals surface area contributed by atoms with Crippen LogP contribution in [0, 0.1) is 11.6 Å². The van der Waals surface area contributed by atoms with E-state index in [1.165, 1.54) is 12.1 Å². The van der Waals surface area contributed by atoms with Gasteiger partial charge in [-0.25, -0.2) is 8.78 Å². The molecule has 0 aliphatic carbocycles. The maximum atomic E-state index is 13.7. The van der Waals surface area contributed by atoms with Gasteiger partial charge in [0.05, 0.1) is 0 Å². The standard InChI is InChI=1S/C14H21F2NS/c1-4-10(3)18-9-14(17-5-2)12-8-11(15)6-7-13(12)16/h6-8,10,14,17H,4-5,9H2,1-3H3. The van der Waals surface area contributed by atoms with Crippen molar-refractivity contribution in [3.63, 3.8) is 0 Å². The minimum atomic E-state index is -0.386. The van der Waals surface area contributed by atoms with Crippen LogP contribution in [-0.2, 0) is 0 Å². The van der Waals surface area contributed by atoms with Crippen LogP contribution in [0.4, 0.5) is 8.78 Å². The molecule has 0 aliphatic heterocycles. The van der Waals surface area contributed by atoms with Crippen molar-refractivity contribution in [3.05, 3.63) is 35.4 Å². The van der Waals surface area contributed by atoms with E-state index in [0.717, 1.165) is 24.8 Å². The molecule has 2 unspecified atom stereocenters. The van der Waals surface area contributed by atoms with Gasteiger partial charge in [-0.3, -0.25) is 0 Å². The Morgan fingerprint density at radius 2 is 2.00 bits per heavy atom. The molecule has 4 heteroatoms. The lowest BCUT2D eigenvalue weighted by Crippen LogP contribution is -2.24. The van der Waals surface area contributed by atoms with Gasteiger partial charge in [0.1, 0.15) is 11.6 Å². The van der Waals surface area contributed by atoms with Crippen LogP contribution in [0.25, 0.3) is 0 Å². The molecule has 0 fully saturated rings. The van der Waals surface area contributed by atoms with Crippen molar-refractivity contribution in [2.75, 3.05) is 12.3 Å². The third-order valence-corrected chi connectivity index (χ3v) is 4.33. The molecule has 1 aromatic carbocycles. The average Bonchev–Trinajstić information content (AvgIpc) is 2.37. The Morgan fingerprint density at radius 1 is 1.28 bits per heavy atom. The van der Waals surface area contributed by atoms with Crippen molar-refractivity contribution >= 4 is 11.8 Å². The summed E-state index contributed by atoms with van der Waals surface area (Å²) in [6, 6.07) is 3.51. The zero-order valence-corrected chi connectivity index (χ0v) is 12.0. The van der Waals surface area contributed by atoms with E-state index >= 15 is 0 Å². The van der Waals surface area contributed by atoms with Gasteiger partial charge in [-0.05, 0) is 31.2 Å². The summed E-state index contributed by atoms with van der Waals surface area (Å²) in [4.78, 5) is 0. The second kappa shape index (κ2) is 7.74. The van der Waals surface area contributed by atoms with Crippen LogP contribution in [0.2, 0.25) is 0 Å². The number of hydrogen-bond acceptors (Lipinski definition) is 2. The van der Waals surface area contributed by atoms with Crippen LogP contribution >= 0.6 is 11.8 Å². The van der Waals surface area contributed by atoms with E-state index in [2.05, 4.69) is 19.2 Å². The first-order valence-electron chi connectivity index (χ1n) is 6.38. The molecule has 0 bridgehead atoms. The topological polar surface area (TPSA) is 12.0 Å². The van der Waals surface area contributed by atoms with E-state index in [9.17, 15) is 8.78 Å². The molecule has 0 aromatic heterocycles. The van der Waals surface area contributed by atoms with Gasteiger partial charge in [0.25, 0.3) is 0 Å². The average molecular weight is 273 g/mol. The van der Waals surface area contributed by atoms with Gasteiger partial charge in [0.2, 0.25) is 0 Å². The summed E-state index contributed by atoms with van der Waals surface area (Å²) in [5.41, 5.74) is 0.424. The summed E-state index contributed by atoms with van der Waals surface area (Å²) in [5, 5.41) is 3.75. The minimum absolute atomic E-state index is 0.135. The molecular formula is C14H21F2NS. The summed E-state index contributed by atoms with van der Waals surface area (Å²) in [6.07, 6.45) is 1.08. The summed E-state index contributed by atoms with van der Waals surface area (Å²) in [6.45, 7) is 6.98. The molecule has 0 amide bonds. The lowest BCUT2D eigenvalue weighted by Gasteiger charge is -2.20. The first kappa shape index (κ1) is 15.4. The number of benzene rings is 1. The molecule has 1 nitrogen and oxygen atoms in total. The monoisotopic (exact) mass is 273 g/mol. The van der Waals surface area contributed by atoms with Crippen molar-refractivity contribution in [2.45, 2.75) is 38.5 Å². The van der Waals surface area contributed by atoms with Gasteiger partial charge in [0.15, 0.2) is 0 Å². The second-order valence-electron chi connectivity index (χ2n) is 4.33. The van der Waals surface area contributed by atoms with E-state index in [4.69, 9.17) is 0 Å². The Bertz CT molecular complexity index is 371. The summed E-state index contributed by atoms with van der Waals surface area (Å²) < 4.78 is 26.9. The van der Waals surface area contributed by atoms with Crippen LogP contribution in [0.1, 0.15) is 38.8 Å². The van der Waals surface area contributed by atoms with E-state index in [0.29, 0.717) is 10.8 Å². The van der Waals surface area contributed by atoms with Crippen molar-refractivity contribution < 1.29 is 8.78 Å². The fourth-order valence-corrected chi connectivity index (χ4v) is 2.72. The maximum absolute atomic E-state index is 13.7. The summed E-state index contributed by atoms with van der Waals surface area (Å²) in [5.74, 6) is 0.0263. The molecule has 0 aliphatic rings. The van der Waals surface area contributed by atoms with Crippen molar-refractivity contribution in [1.29, 1.82) is 0 Å². The highest BCUT2D eigenvalue weighted by atomic mass is 32.2. The quantitative estimate of drug-likeness (QED) is 0.801. The van der Waals surface area contributed by atoms with E-state index in [1.54, 1.807) is 11.8 Å². The highest BCUT2D eigenvalue weighted by molar-refractivity contribution is 7.99. The van der Waals surface area contributed by atoms with Crippen LogP contribution in [0.5, 0.6) is 0 Å². The van der Waals surface area contributed by atoms with Gasteiger partial charge in [-0.1, -0.05) is 20.8 Å². The van der Waals surface area contributed by atoms with E-state index < -0.39 is 0 Å². The third kappa shape index (κ3) is 4.58. The fraction of sp³-hybridized carbons (Fsp3) is 0.571. The predicted molar refractivity (Wildman–Crippen MR) is 75.0 cm³/mol. The van der Waals surface area contributed by atoms with Crippen LogP contribution in [0.3, 0.4) is 0 Å². The third-order valence-electron chi connectivity index (χ3n) is 2.91. The van der Waals surface area contributed by atoms with Crippen molar-refractivity contribution in [2.24, 2.45) is 0 Å². The Balaban J connectivity index is 2.79. The van der Waals surface area contributed by atoms with Gasteiger partial charge < -0.3 is 5.32 Å². The zero-order chi connectivity index (χ0) is 13.5. The number of halogens is 2. The van der Waals surface area contributed by atoms with Gasteiger partial charge in [0, 0.05) is 22.6 Å². The molecule has 0 saturated heterocycles. The molecule has 102 valence electrons. The van der Waals surface area contributed by atoms with Crippen molar-refractivity contribution in [1.82, 2.24) is 5.32 Å². The normalized spacial score (nSPS) is 14.5. The van der Waals surface area contributed by atoms with Gasteiger partial charge >= 0.3 is 0 Å². The van der Waals surface area contributed by atoms with Gasteiger partial charge in [-0.2, -0.15) is 11.8 Å². The Hall–Kier alpha value is -0.610. The lowest BCUT2D eigenvalue weighted by molar-refractivity contribution is 0.533. The maximum Gasteiger partial charge on any atom is 0.128 e. The van der Waals surface area contributed by atoms with Crippen molar-refractivity contribution in [3.8, 4) is 0 Å². The zero-order valence-electron chi connectivity index (χ0n) is 11.2. The molecule has 0 radical (unpaired) electrons. The lowest BCUT2D eigenvalue weighted by atomic mass is 10.1. The van der Waals surface area contributed by atoms with Crippen LogP contribution < -0.4 is 5.32 Å². The molecule has 1 aromatic rings. The molecule has 2 atom stereocenters. The van der Waals surface area contributed by atoms with E-state index in [-0.39, 0.29) is 17.7 Å². The molecule has 0 heterocycles. The van der Waals surface area contributed by atoms with E-state index in [1.807, 2.05) is 6.92 Å². The predicted octanol–water partition coefficient (Wildman–Crippen LogP) is 4.15. The highest BCUT2D eigenvalue weighted by Gasteiger charge is 2.16. The fourth-order valence-electron chi connectivity index (χ4n) is 1.67. The number of thioether (sulfide) groups is 1. The largest absolute Gasteiger partial charge is 0.309 e. The minimum Gasteiger partial charge on any atom is -0.309 e. The SMILES string of the molecule is CCNC(CSC(C)CC)c1cc(F)ccc1F. The summed E-state index contributed by atoms with van der Waals surface area (Å²) >= 11 is 1.78.